The van der Waals surface area contributed by atoms with Crippen molar-refractivity contribution in [3.8, 4) is 0 Å². The Bertz CT molecular complexity index is 678. The molecule has 4 aliphatic carbocycles. The quantitative estimate of drug-likeness (QED) is 0.500. The minimum atomic E-state index is 0.760. The number of hydrogen-bond donors (Lipinski definition) is 0. The van der Waals surface area contributed by atoms with Crippen molar-refractivity contribution in [2.75, 3.05) is 0 Å². The molecule has 1 saturated carbocycles. The van der Waals surface area contributed by atoms with Crippen LogP contribution in [-0.2, 0) is 0 Å². The Morgan fingerprint density at radius 1 is 1.00 bits per heavy atom. The van der Waals surface area contributed by atoms with Gasteiger partial charge >= 0.3 is 0 Å². The fourth-order valence-corrected chi connectivity index (χ4v) is 8.40. The summed E-state index contributed by atoms with van der Waals surface area (Å²) in [5, 5.41) is 1.66. The molecule has 2 fully saturated rings. The Kier molecular flexibility index (Phi) is 4.77. The summed E-state index contributed by atoms with van der Waals surface area (Å²) in [6.07, 6.45) is 30.0. The highest BCUT2D eigenvalue weighted by atomic mass is 32.2. The number of allylic oxidation sites excluding steroid dienone is 9. The monoisotopic (exact) mass is 364 g/mol. The van der Waals surface area contributed by atoms with Crippen LogP contribution in [0.1, 0.15) is 45.4 Å². The lowest BCUT2D eigenvalue weighted by Crippen LogP contribution is -2.27. The summed E-state index contributed by atoms with van der Waals surface area (Å²) in [7, 11) is 0. The summed E-state index contributed by atoms with van der Waals surface area (Å²) in [6.45, 7) is 2.55. The van der Waals surface area contributed by atoms with Crippen molar-refractivity contribution in [3.63, 3.8) is 0 Å². The first-order valence-corrected chi connectivity index (χ1v) is 11.8. The van der Waals surface area contributed by atoms with Crippen LogP contribution in [0.25, 0.3) is 0 Å². The molecular weight excluding hydrogens is 332 g/mol. The van der Waals surface area contributed by atoms with Crippen molar-refractivity contribution in [3.05, 3.63) is 60.3 Å². The van der Waals surface area contributed by atoms with E-state index in [2.05, 4.69) is 73.4 Å². The van der Waals surface area contributed by atoms with Crippen LogP contribution in [0.4, 0.5) is 0 Å². The van der Waals surface area contributed by atoms with Crippen molar-refractivity contribution in [1.82, 2.24) is 0 Å². The number of thioether (sulfide) groups is 1. The maximum Gasteiger partial charge on any atom is 0.0299 e. The Balaban J connectivity index is 1.24. The fraction of sp³-hybridized carbons (Fsp3) is 0.600. The van der Waals surface area contributed by atoms with Crippen LogP contribution in [0.2, 0.25) is 0 Å². The molecule has 0 aromatic rings. The molecule has 1 saturated heterocycles. The van der Waals surface area contributed by atoms with Gasteiger partial charge in [-0.1, -0.05) is 61.6 Å². The molecule has 0 bridgehead atoms. The lowest BCUT2D eigenvalue weighted by atomic mass is 9.75. The van der Waals surface area contributed by atoms with E-state index in [4.69, 9.17) is 0 Å². The Morgan fingerprint density at radius 2 is 1.92 bits per heavy atom. The predicted octanol–water partition coefficient (Wildman–Crippen LogP) is 6.73. The van der Waals surface area contributed by atoms with Crippen LogP contribution in [0.3, 0.4) is 0 Å². The summed E-state index contributed by atoms with van der Waals surface area (Å²) in [5.74, 6) is 5.04. The van der Waals surface area contributed by atoms with Crippen molar-refractivity contribution < 1.29 is 0 Å². The van der Waals surface area contributed by atoms with Crippen LogP contribution >= 0.6 is 11.8 Å². The second-order valence-corrected chi connectivity index (χ2v) is 10.5. The first-order valence-electron chi connectivity index (χ1n) is 10.8. The fourth-order valence-electron chi connectivity index (χ4n) is 6.27. The topological polar surface area (TPSA) is 0 Å². The Morgan fingerprint density at radius 3 is 2.73 bits per heavy atom. The minimum Gasteiger partial charge on any atom is -0.150 e. The van der Waals surface area contributed by atoms with E-state index in [9.17, 15) is 0 Å². The van der Waals surface area contributed by atoms with Crippen molar-refractivity contribution in [2.45, 2.75) is 55.9 Å². The third-order valence-electron chi connectivity index (χ3n) is 7.86. The average Bonchev–Trinajstić information content (AvgIpc) is 3.27. The van der Waals surface area contributed by atoms with Crippen LogP contribution in [0.15, 0.2) is 60.3 Å². The SMILES string of the molecule is CC(C1C=CC(C2CC=CCC2)=CC1)C1CCC2C1S[C@H]1C=CC=CC21. The van der Waals surface area contributed by atoms with Gasteiger partial charge in [0.2, 0.25) is 0 Å². The second-order valence-electron chi connectivity index (χ2n) is 9.12. The molecule has 5 rings (SSSR count). The van der Waals surface area contributed by atoms with Gasteiger partial charge < -0.3 is 0 Å². The Hall–Kier alpha value is -0.950. The molecule has 8 atom stereocenters. The molecule has 5 aliphatic rings. The van der Waals surface area contributed by atoms with E-state index < -0.39 is 0 Å². The molecule has 0 aromatic carbocycles. The Labute approximate surface area is 163 Å². The third-order valence-corrected chi connectivity index (χ3v) is 9.66. The second kappa shape index (κ2) is 7.23. The molecule has 1 heterocycles. The predicted molar refractivity (Wildman–Crippen MR) is 114 cm³/mol. The van der Waals surface area contributed by atoms with Gasteiger partial charge in [0, 0.05) is 10.5 Å². The average molecular weight is 365 g/mol. The van der Waals surface area contributed by atoms with Gasteiger partial charge in [-0.15, -0.1) is 11.8 Å². The van der Waals surface area contributed by atoms with Crippen molar-refractivity contribution in [2.24, 2.45) is 35.5 Å². The maximum atomic E-state index is 2.59. The highest BCUT2D eigenvalue weighted by Crippen LogP contribution is 2.58. The molecule has 0 nitrogen and oxygen atoms in total. The van der Waals surface area contributed by atoms with Crippen LogP contribution in [0, 0.1) is 35.5 Å². The zero-order valence-corrected chi connectivity index (χ0v) is 16.8. The zero-order chi connectivity index (χ0) is 17.5. The molecule has 26 heavy (non-hydrogen) atoms. The van der Waals surface area contributed by atoms with Gasteiger partial charge in [-0.25, -0.2) is 0 Å². The van der Waals surface area contributed by atoms with Gasteiger partial charge in [0.15, 0.2) is 0 Å². The highest BCUT2D eigenvalue weighted by Gasteiger charge is 2.50. The molecule has 7 unspecified atom stereocenters. The number of hydrogen-bond acceptors (Lipinski definition) is 1. The normalized spacial score (nSPS) is 44.7. The lowest BCUT2D eigenvalue weighted by Gasteiger charge is -2.32. The number of rotatable bonds is 3. The van der Waals surface area contributed by atoms with Gasteiger partial charge in [0.25, 0.3) is 0 Å². The van der Waals surface area contributed by atoms with Crippen LogP contribution < -0.4 is 0 Å². The molecule has 0 amide bonds. The maximum absolute atomic E-state index is 2.59. The third kappa shape index (κ3) is 3.01. The molecule has 1 aliphatic heterocycles. The molecule has 0 radical (unpaired) electrons. The van der Waals surface area contributed by atoms with Gasteiger partial charge in [-0.3, -0.25) is 0 Å². The summed E-state index contributed by atoms with van der Waals surface area (Å²) in [4.78, 5) is 0. The summed E-state index contributed by atoms with van der Waals surface area (Å²) < 4.78 is 0. The summed E-state index contributed by atoms with van der Waals surface area (Å²) >= 11 is 2.30. The molecule has 0 spiro atoms. The molecule has 0 aromatic heterocycles. The van der Waals surface area contributed by atoms with Crippen molar-refractivity contribution in [1.29, 1.82) is 0 Å². The van der Waals surface area contributed by atoms with E-state index in [0.29, 0.717) is 0 Å². The lowest BCUT2D eigenvalue weighted by molar-refractivity contribution is 0.285. The van der Waals surface area contributed by atoms with Gasteiger partial charge in [-0.05, 0) is 79.6 Å². The van der Waals surface area contributed by atoms with Crippen LogP contribution in [-0.4, -0.2) is 10.5 Å². The van der Waals surface area contributed by atoms with E-state index in [1.165, 1.54) is 38.5 Å². The largest absolute Gasteiger partial charge is 0.150 e. The zero-order valence-electron chi connectivity index (χ0n) is 16.0. The first kappa shape index (κ1) is 17.2. The molecule has 0 N–H and O–H groups in total. The van der Waals surface area contributed by atoms with Crippen LogP contribution in [0.5, 0.6) is 0 Å². The van der Waals surface area contributed by atoms with Crippen molar-refractivity contribution >= 4 is 11.8 Å². The first-order chi connectivity index (χ1) is 12.8. The highest BCUT2D eigenvalue weighted by molar-refractivity contribution is 8.01. The van der Waals surface area contributed by atoms with Gasteiger partial charge in [0.1, 0.15) is 0 Å². The van der Waals surface area contributed by atoms with Gasteiger partial charge in [0.05, 0.1) is 0 Å². The van der Waals surface area contributed by atoms with E-state index in [1.54, 1.807) is 5.57 Å². The molecule has 138 valence electrons. The van der Waals surface area contributed by atoms with Gasteiger partial charge in [-0.2, -0.15) is 0 Å². The van der Waals surface area contributed by atoms with E-state index in [-0.39, 0.29) is 0 Å². The smallest absolute Gasteiger partial charge is 0.0299 e. The van der Waals surface area contributed by atoms with E-state index >= 15 is 0 Å². The molecular formula is C25H32S. The van der Waals surface area contributed by atoms with E-state index in [1.807, 2.05) is 0 Å². The summed E-state index contributed by atoms with van der Waals surface area (Å²) in [6, 6.07) is 0. The van der Waals surface area contributed by atoms with E-state index in [0.717, 1.165) is 46.0 Å². The standard InChI is InChI=1S/C25H32S/c1-17(18-11-13-20(14-12-18)19-7-3-2-4-8-19)21-15-16-23-22-9-5-6-10-24(22)26-25(21)23/h2-3,5-6,9-11,13-14,17-19,21-25H,4,7-8,12,15-16H2,1H3/t17?,18?,19?,21?,22?,23?,24-,25?/m0/s1. The minimum absolute atomic E-state index is 0.760. The summed E-state index contributed by atoms with van der Waals surface area (Å²) in [5.41, 5.74) is 1.62. The molecule has 1 heteroatoms. The number of fused-ring (bicyclic) bond motifs is 3.